The van der Waals surface area contributed by atoms with E-state index < -0.39 is 0 Å². The predicted octanol–water partition coefficient (Wildman–Crippen LogP) is 1.91. The summed E-state index contributed by atoms with van der Waals surface area (Å²) in [7, 11) is 0. The van der Waals surface area contributed by atoms with Crippen molar-refractivity contribution in [2.24, 2.45) is 0 Å². The molecule has 0 fully saturated rings. The summed E-state index contributed by atoms with van der Waals surface area (Å²) in [4.78, 5) is 11.7. The average Bonchev–Trinajstić information content (AvgIpc) is 2.43. The van der Waals surface area contributed by atoms with E-state index in [4.69, 9.17) is 10.5 Å². The van der Waals surface area contributed by atoms with Crippen molar-refractivity contribution in [2.45, 2.75) is 20.4 Å². The largest absolute Gasteiger partial charge is 0.494 e. The molecular formula is C14H17N3O2. The Morgan fingerprint density at radius 3 is 2.53 bits per heavy atom. The number of nitrogens with two attached hydrogens (primary N) is 1. The Kier molecular flexibility index (Phi) is 3.85. The Morgan fingerprint density at radius 1 is 1.26 bits per heavy atom. The van der Waals surface area contributed by atoms with Crippen LogP contribution in [-0.2, 0) is 6.54 Å². The Labute approximate surface area is 111 Å². The number of aromatic nitrogens is 2. The van der Waals surface area contributed by atoms with Crippen LogP contribution in [0.5, 0.6) is 5.75 Å². The van der Waals surface area contributed by atoms with Gasteiger partial charge in [-0.05, 0) is 44.2 Å². The van der Waals surface area contributed by atoms with Gasteiger partial charge >= 0.3 is 0 Å². The van der Waals surface area contributed by atoms with E-state index in [1.165, 1.54) is 4.68 Å². The highest BCUT2D eigenvalue weighted by Gasteiger charge is 2.06. The molecule has 2 rings (SSSR count). The smallest absolute Gasteiger partial charge is 0.289 e. The van der Waals surface area contributed by atoms with Crippen molar-refractivity contribution >= 4 is 5.69 Å². The van der Waals surface area contributed by atoms with E-state index in [1.54, 1.807) is 6.07 Å². The van der Waals surface area contributed by atoms with Gasteiger partial charge in [-0.2, -0.15) is 5.10 Å². The maximum atomic E-state index is 11.7. The maximum Gasteiger partial charge on any atom is 0.289 e. The molecule has 5 heteroatoms. The van der Waals surface area contributed by atoms with Crippen molar-refractivity contribution in [1.82, 2.24) is 9.78 Å². The molecule has 2 N–H and O–H groups in total. The SMILES string of the molecule is CCOc1ccc(-c2cc(N)c(=O)n(CC)n2)cc1. The van der Waals surface area contributed by atoms with Crippen LogP contribution in [0, 0.1) is 0 Å². The Balaban J connectivity index is 2.41. The fourth-order valence-electron chi connectivity index (χ4n) is 1.81. The first-order valence-corrected chi connectivity index (χ1v) is 6.26. The molecule has 5 nitrogen and oxygen atoms in total. The van der Waals surface area contributed by atoms with Gasteiger partial charge in [0, 0.05) is 12.1 Å². The second-order valence-electron chi connectivity index (χ2n) is 4.06. The van der Waals surface area contributed by atoms with Crippen LogP contribution in [0.25, 0.3) is 11.3 Å². The molecule has 2 aromatic rings. The van der Waals surface area contributed by atoms with Crippen LogP contribution >= 0.6 is 0 Å². The highest BCUT2D eigenvalue weighted by molar-refractivity contribution is 5.62. The van der Waals surface area contributed by atoms with Crippen LogP contribution in [-0.4, -0.2) is 16.4 Å². The standard InChI is InChI=1S/C14H17N3O2/c1-3-17-14(18)12(15)9-13(16-17)10-5-7-11(8-6-10)19-4-2/h5-9H,3-4,15H2,1-2H3. The minimum atomic E-state index is -0.253. The van der Waals surface area contributed by atoms with Gasteiger partial charge in [-0.25, -0.2) is 4.68 Å². The first-order chi connectivity index (χ1) is 9.15. The molecular weight excluding hydrogens is 242 g/mol. The molecule has 100 valence electrons. The zero-order valence-electron chi connectivity index (χ0n) is 11.1. The molecule has 1 aromatic carbocycles. The van der Waals surface area contributed by atoms with E-state index in [0.29, 0.717) is 18.8 Å². The number of benzene rings is 1. The lowest BCUT2D eigenvalue weighted by Gasteiger charge is -2.08. The minimum absolute atomic E-state index is 0.209. The van der Waals surface area contributed by atoms with Gasteiger partial charge in [-0.1, -0.05) is 0 Å². The van der Waals surface area contributed by atoms with Gasteiger partial charge in [-0.3, -0.25) is 4.79 Å². The quantitative estimate of drug-likeness (QED) is 0.910. The van der Waals surface area contributed by atoms with E-state index in [-0.39, 0.29) is 11.2 Å². The van der Waals surface area contributed by atoms with Crippen LogP contribution < -0.4 is 16.0 Å². The molecule has 0 aliphatic heterocycles. The summed E-state index contributed by atoms with van der Waals surface area (Å²) in [5.74, 6) is 0.808. The molecule has 1 aromatic heterocycles. The molecule has 0 saturated heterocycles. The van der Waals surface area contributed by atoms with Gasteiger partial charge in [0.25, 0.3) is 5.56 Å². The first kappa shape index (κ1) is 13.1. The molecule has 0 bridgehead atoms. The lowest BCUT2D eigenvalue weighted by molar-refractivity contribution is 0.340. The second kappa shape index (κ2) is 5.56. The maximum absolute atomic E-state index is 11.7. The third-order valence-electron chi connectivity index (χ3n) is 2.76. The third-order valence-corrected chi connectivity index (χ3v) is 2.76. The summed E-state index contributed by atoms with van der Waals surface area (Å²) >= 11 is 0. The summed E-state index contributed by atoms with van der Waals surface area (Å²) < 4.78 is 6.75. The topological polar surface area (TPSA) is 70.1 Å². The summed E-state index contributed by atoms with van der Waals surface area (Å²) in [6.45, 7) is 4.92. The monoisotopic (exact) mass is 259 g/mol. The fraction of sp³-hybridized carbons (Fsp3) is 0.286. The molecule has 0 atom stereocenters. The molecule has 0 aliphatic carbocycles. The average molecular weight is 259 g/mol. The van der Waals surface area contributed by atoms with Gasteiger partial charge in [-0.15, -0.1) is 0 Å². The van der Waals surface area contributed by atoms with Gasteiger partial charge in [0.05, 0.1) is 12.3 Å². The number of hydrogen-bond acceptors (Lipinski definition) is 4. The lowest BCUT2D eigenvalue weighted by atomic mass is 10.1. The fourth-order valence-corrected chi connectivity index (χ4v) is 1.81. The number of nitrogen functional groups attached to an aromatic ring is 1. The number of rotatable bonds is 4. The van der Waals surface area contributed by atoms with Crippen molar-refractivity contribution in [3.05, 3.63) is 40.7 Å². The predicted molar refractivity (Wildman–Crippen MR) is 75.2 cm³/mol. The third kappa shape index (κ3) is 2.76. The van der Waals surface area contributed by atoms with Gasteiger partial charge in [0.2, 0.25) is 0 Å². The van der Waals surface area contributed by atoms with Crippen molar-refractivity contribution in [2.75, 3.05) is 12.3 Å². The summed E-state index contributed by atoms with van der Waals surface area (Å²) in [6.07, 6.45) is 0. The second-order valence-corrected chi connectivity index (χ2v) is 4.06. The van der Waals surface area contributed by atoms with Gasteiger partial charge < -0.3 is 10.5 Å². The number of anilines is 1. The lowest BCUT2D eigenvalue weighted by Crippen LogP contribution is -2.24. The molecule has 1 heterocycles. The molecule has 0 radical (unpaired) electrons. The van der Waals surface area contributed by atoms with Gasteiger partial charge in [0.15, 0.2) is 0 Å². The van der Waals surface area contributed by atoms with Crippen molar-refractivity contribution in [1.29, 1.82) is 0 Å². The molecule has 0 unspecified atom stereocenters. The summed E-state index contributed by atoms with van der Waals surface area (Å²) in [5, 5.41) is 4.28. The Hall–Kier alpha value is -2.30. The van der Waals surface area contributed by atoms with Crippen LogP contribution in [0.2, 0.25) is 0 Å². The van der Waals surface area contributed by atoms with E-state index in [9.17, 15) is 4.79 Å². The van der Waals surface area contributed by atoms with Crippen molar-refractivity contribution in [3.8, 4) is 17.0 Å². The number of nitrogens with zero attached hydrogens (tertiary/aromatic N) is 2. The zero-order valence-corrected chi connectivity index (χ0v) is 11.1. The summed E-state index contributed by atoms with van der Waals surface area (Å²) in [6, 6.07) is 9.15. The van der Waals surface area contributed by atoms with E-state index >= 15 is 0 Å². The minimum Gasteiger partial charge on any atom is -0.494 e. The van der Waals surface area contributed by atoms with Crippen LogP contribution in [0.4, 0.5) is 5.69 Å². The number of ether oxygens (including phenoxy) is 1. The molecule has 0 amide bonds. The Bertz CT molecular complexity index is 618. The molecule has 0 saturated carbocycles. The molecule has 0 spiro atoms. The first-order valence-electron chi connectivity index (χ1n) is 6.26. The van der Waals surface area contributed by atoms with Crippen LogP contribution in [0.3, 0.4) is 0 Å². The van der Waals surface area contributed by atoms with Crippen molar-refractivity contribution in [3.63, 3.8) is 0 Å². The number of aryl methyl sites for hydroxylation is 1. The van der Waals surface area contributed by atoms with E-state index in [0.717, 1.165) is 11.3 Å². The molecule has 0 aliphatic rings. The number of hydrogen-bond donors (Lipinski definition) is 1. The Morgan fingerprint density at radius 2 is 1.95 bits per heavy atom. The summed E-state index contributed by atoms with van der Waals surface area (Å²) in [5.41, 5.74) is 7.25. The van der Waals surface area contributed by atoms with E-state index in [1.807, 2.05) is 38.1 Å². The van der Waals surface area contributed by atoms with Crippen LogP contribution in [0.1, 0.15) is 13.8 Å². The van der Waals surface area contributed by atoms with E-state index in [2.05, 4.69) is 5.10 Å². The van der Waals surface area contributed by atoms with Crippen molar-refractivity contribution < 1.29 is 4.74 Å². The van der Waals surface area contributed by atoms with Gasteiger partial charge in [0.1, 0.15) is 11.4 Å². The normalized spacial score (nSPS) is 10.4. The highest BCUT2D eigenvalue weighted by Crippen LogP contribution is 2.21. The molecule has 19 heavy (non-hydrogen) atoms. The highest BCUT2D eigenvalue weighted by atomic mass is 16.5. The zero-order chi connectivity index (χ0) is 13.8. The van der Waals surface area contributed by atoms with Crippen LogP contribution in [0.15, 0.2) is 35.1 Å².